The molecule has 0 bridgehead atoms. The zero-order chi connectivity index (χ0) is 21.1. The molecule has 0 saturated heterocycles. The second kappa shape index (κ2) is 8.43. The van der Waals surface area contributed by atoms with Gasteiger partial charge in [-0.2, -0.15) is 0 Å². The van der Waals surface area contributed by atoms with E-state index in [0.717, 1.165) is 39.8 Å². The predicted molar refractivity (Wildman–Crippen MR) is 116 cm³/mol. The molecule has 150 valence electrons. The lowest BCUT2D eigenvalue weighted by molar-refractivity contribution is -0.401. The quantitative estimate of drug-likeness (QED) is 0.338. The molecule has 0 aliphatic rings. The van der Waals surface area contributed by atoms with Crippen molar-refractivity contribution >= 4 is 6.08 Å². The van der Waals surface area contributed by atoms with Crippen LogP contribution in [0, 0.1) is 15.9 Å². The fraction of sp³-hybridized carbons (Fsp3) is 0.250. The molecule has 0 fully saturated rings. The minimum atomic E-state index is -0.455. The molecule has 0 unspecified atom stereocenters. The van der Waals surface area contributed by atoms with Crippen molar-refractivity contribution in [2.24, 2.45) is 0 Å². The first-order valence-corrected chi connectivity index (χ1v) is 9.72. The van der Waals surface area contributed by atoms with E-state index >= 15 is 0 Å². The first kappa shape index (κ1) is 20.5. The van der Waals surface area contributed by atoms with Crippen molar-refractivity contribution in [2.45, 2.75) is 39.7 Å². The van der Waals surface area contributed by atoms with Gasteiger partial charge in [-0.1, -0.05) is 56.3 Å². The minimum Gasteiger partial charge on any atom is -0.341 e. The average Bonchev–Trinajstić information content (AvgIpc) is 3.03. The molecule has 0 atom stereocenters. The third kappa shape index (κ3) is 4.14. The predicted octanol–water partition coefficient (Wildman–Crippen LogP) is 6.91. The number of rotatable bonds is 6. The van der Waals surface area contributed by atoms with Gasteiger partial charge in [0.25, 0.3) is 0 Å². The van der Waals surface area contributed by atoms with Crippen molar-refractivity contribution in [3.8, 4) is 22.3 Å². The highest BCUT2D eigenvalue weighted by molar-refractivity contribution is 5.91. The number of halogens is 1. The van der Waals surface area contributed by atoms with Crippen LogP contribution in [0.2, 0.25) is 0 Å². The number of hydrogen-bond acceptors (Lipinski definition) is 2. The Morgan fingerprint density at radius 1 is 0.931 bits per heavy atom. The van der Waals surface area contributed by atoms with Crippen molar-refractivity contribution in [1.82, 2.24) is 4.57 Å². The average molecular weight is 392 g/mol. The Kier molecular flexibility index (Phi) is 5.97. The number of aromatic nitrogens is 1. The van der Waals surface area contributed by atoms with Gasteiger partial charge in [-0.25, -0.2) is 4.39 Å². The highest BCUT2D eigenvalue weighted by Crippen LogP contribution is 2.44. The van der Waals surface area contributed by atoms with Gasteiger partial charge in [0.2, 0.25) is 6.20 Å². The van der Waals surface area contributed by atoms with Gasteiger partial charge in [-0.15, -0.1) is 0 Å². The molecule has 5 heteroatoms. The Labute approximate surface area is 170 Å². The summed E-state index contributed by atoms with van der Waals surface area (Å²) in [5, 5.41) is 11.1. The SMILES string of the molecule is CC(C)c1c(-c2ccccc2)c(-c2ccc(F)cc2)c(/C=C/[N+](=O)[O-])n1C(C)C. The van der Waals surface area contributed by atoms with Gasteiger partial charge in [0.05, 0.1) is 10.6 Å². The molecular formula is C24H25FN2O2. The molecule has 0 radical (unpaired) electrons. The van der Waals surface area contributed by atoms with Crippen LogP contribution in [0.25, 0.3) is 28.3 Å². The lowest BCUT2D eigenvalue weighted by Gasteiger charge is -2.19. The maximum Gasteiger partial charge on any atom is 0.236 e. The minimum absolute atomic E-state index is 0.0930. The van der Waals surface area contributed by atoms with Gasteiger partial charge in [0, 0.05) is 28.9 Å². The fourth-order valence-corrected chi connectivity index (χ4v) is 3.85. The van der Waals surface area contributed by atoms with Crippen LogP contribution in [0.15, 0.2) is 60.8 Å². The normalized spacial score (nSPS) is 11.7. The summed E-state index contributed by atoms with van der Waals surface area (Å²) in [7, 11) is 0. The lowest BCUT2D eigenvalue weighted by atomic mass is 9.92. The van der Waals surface area contributed by atoms with Gasteiger partial charge >= 0.3 is 0 Å². The molecule has 29 heavy (non-hydrogen) atoms. The topological polar surface area (TPSA) is 48.1 Å². The van der Waals surface area contributed by atoms with Crippen molar-refractivity contribution in [3.63, 3.8) is 0 Å². The molecule has 0 aliphatic heterocycles. The molecule has 1 heterocycles. The zero-order valence-electron chi connectivity index (χ0n) is 17.1. The summed E-state index contributed by atoms with van der Waals surface area (Å²) in [6.45, 7) is 8.38. The number of hydrogen-bond donors (Lipinski definition) is 0. The van der Waals surface area contributed by atoms with Crippen molar-refractivity contribution in [3.05, 3.63) is 88.1 Å². The van der Waals surface area contributed by atoms with E-state index in [4.69, 9.17) is 0 Å². The van der Waals surface area contributed by atoms with Crippen molar-refractivity contribution in [2.75, 3.05) is 0 Å². The first-order valence-electron chi connectivity index (χ1n) is 9.72. The molecule has 0 N–H and O–H groups in total. The van der Waals surface area contributed by atoms with E-state index in [1.807, 2.05) is 30.3 Å². The van der Waals surface area contributed by atoms with Gasteiger partial charge < -0.3 is 4.57 Å². The highest BCUT2D eigenvalue weighted by Gasteiger charge is 2.27. The van der Waals surface area contributed by atoms with E-state index in [1.54, 1.807) is 18.2 Å². The van der Waals surface area contributed by atoms with Crippen LogP contribution in [0.5, 0.6) is 0 Å². The molecule has 3 aromatic rings. The second-order valence-electron chi connectivity index (χ2n) is 7.61. The van der Waals surface area contributed by atoms with E-state index in [1.165, 1.54) is 12.1 Å². The number of nitrogens with zero attached hydrogens (tertiary/aromatic N) is 2. The summed E-state index contributed by atoms with van der Waals surface area (Å²) in [6, 6.07) is 16.4. The smallest absolute Gasteiger partial charge is 0.236 e. The maximum atomic E-state index is 13.6. The largest absolute Gasteiger partial charge is 0.341 e. The molecular weight excluding hydrogens is 367 g/mol. The third-order valence-electron chi connectivity index (χ3n) is 4.89. The Morgan fingerprint density at radius 2 is 1.52 bits per heavy atom. The molecule has 0 spiro atoms. The summed E-state index contributed by atoms with van der Waals surface area (Å²) in [5.41, 5.74) is 5.63. The van der Waals surface area contributed by atoms with Crippen LogP contribution in [0.1, 0.15) is 51.0 Å². The summed E-state index contributed by atoms with van der Waals surface area (Å²) < 4.78 is 15.8. The van der Waals surface area contributed by atoms with Crippen molar-refractivity contribution < 1.29 is 9.31 Å². The van der Waals surface area contributed by atoms with Gasteiger partial charge in [-0.3, -0.25) is 10.1 Å². The van der Waals surface area contributed by atoms with Crippen LogP contribution in [0.4, 0.5) is 4.39 Å². The van der Waals surface area contributed by atoms with Crippen molar-refractivity contribution in [1.29, 1.82) is 0 Å². The zero-order valence-corrected chi connectivity index (χ0v) is 17.1. The Morgan fingerprint density at radius 3 is 2.03 bits per heavy atom. The molecule has 1 aromatic heterocycles. The first-order chi connectivity index (χ1) is 13.8. The van der Waals surface area contributed by atoms with Crippen LogP contribution >= 0.6 is 0 Å². The van der Waals surface area contributed by atoms with E-state index < -0.39 is 4.92 Å². The Bertz CT molecular complexity index is 1030. The Balaban J connectivity index is 2.48. The van der Waals surface area contributed by atoms with E-state index in [-0.39, 0.29) is 17.8 Å². The van der Waals surface area contributed by atoms with Crippen LogP contribution < -0.4 is 0 Å². The summed E-state index contributed by atoms with van der Waals surface area (Å²) in [5.74, 6) is -0.130. The summed E-state index contributed by atoms with van der Waals surface area (Å²) in [6.07, 6.45) is 2.52. The maximum absolute atomic E-state index is 13.6. The van der Waals surface area contributed by atoms with Gasteiger partial charge in [-0.05, 0) is 43.0 Å². The van der Waals surface area contributed by atoms with Gasteiger partial charge in [0.15, 0.2) is 0 Å². The number of nitro groups is 1. The van der Waals surface area contributed by atoms with E-state index in [9.17, 15) is 14.5 Å². The standard InChI is InChI=1S/C24H25FN2O2/c1-16(2)24-23(18-8-6-5-7-9-18)22(19-10-12-20(25)13-11-19)21(14-15-26(28)29)27(24)17(3)4/h5-17H,1-4H3/b15-14+. The highest BCUT2D eigenvalue weighted by atomic mass is 19.1. The lowest BCUT2D eigenvalue weighted by Crippen LogP contribution is -2.09. The summed E-state index contributed by atoms with van der Waals surface area (Å²) in [4.78, 5) is 10.6. The number of benzene rings is 2. The molecule has 3 rings (SSSR count). The molecule has 0 aliphatic carbocycles. The fourth-order valence-electron chi connectivity index (χ4n) is 3.85. The van der Waals surface area contributed by atoms with Gasteiger partial charge in [0.1, 0.15) is 5.82 Å². The molecule has 2 aromatic carbocycles. The second-order valence-corrected chi connectivity index (χ2v) is 7.61. The van der Waals surface area contributed by atoms with Crippen LogP contribution in [-0.2, 0) is 0 Å². The van der Waals surface area contributed by atoms with Crippen LogP contribution in [-0.4, -0.2) is 9.49 Å². The summed E-state index contributed by atoms with van der Waals surface area (Å²) >= 11 is 0. The van der Waals surface area contributed by atoms with E-state index in [2.05, 4.69) is 32.3 Å². The van der Waals surface area contributed by atoms with Crippen LogP contribution in [0.3, 0.4) is 0 Å². The third-order valence-corrected chi connectivity index (χ3v) is 4.89. The molecule has 0 saturated carbocycles. The Hall–Kier alpha value is -3.21. The monoisotopic (exact) mass is 392 g/mol. The van der Waals surface area contributed by atoms with E-state index in [0.29, 0.717) is 0 Å². The molecule has 4 nitrogen and oxygen atoms in total. The molecule has 0 amide bonds.